The van der Waals surface area contributed by atoms with E-state index in [9.17, 15) is 32.5 Å². The smallest absolute Gasteiger partial charge is 0.408 e. The summed E-state index contributed by atoms with van der Waals surface area (Å²) in [5.41, 5.74) is -1.55. The average Bonchev–Trinajstić information content (AvgIpc) is 3.25. The van der Waals surface area contributed by atoms with Gasteiger partial charge in [0.15, 0.2) is 0 Å². The molecule has 3 amide bonds. The van der Waals surface area contributed by atoms with Crippen molar-refractivity contribution in [2.75, 3.05) is 6.54 Å². The van der Waals surface area contributed by atoms with E-state index in [1.165, 1.54) is 0 Å². The number of halogens is 1. The quantitative estimate of drug-likeness (QED) is 0.179. The van der Waals surface area contributed by atoms with Gasteiger partial charge in [0, 0.05) is 16.0 Å². The zero-order chi connectivity index (χ0) is 27.0. The van der Waals surface area contributed by atoms with Crippen molar-refractivity contribution in [1.29, 1.82) is 0 Å². The summed E-state index contributed by atoms with van der Waals surface area (Å²) in [6, 6.07) is 4.90. The maximum Gasteiger partial charge on any atom is 0.408 e. The molecule has 1 aromatic carbocycles. The van der Waals surface area contributed by atoms with Gasteiger partial charge < -0.3 is 25.8 Å². The molecule has 206 valence electrons. The Kier molecular flexibility index (Phi) is 11.0. The molecule has 0 radical (unpaired) electrons. The first-order valence-electron chi connectivity index (χ1n) is 12.4. The van der Waals surface area contributed by atoms with E-state index in [1.807, 2.05) is 24.3 Å². The fourth-order valence-corrected chi connectivity index (χ4v) is 6.06. The second-order valence-electron chi connectivity index (χ2n) is 9.68. The van der Waals surface area contributed by atoms with Crippen molar-refractivity contribution in [2.45, 2.75) is 75.5 Å². The van der Waals surface area contributed by atoms with Gasteiger partial charge >= 0.3 is 6.09 Å². The summed E-state index contributed by atoms with van der Waals surface area (Å²) in [5.74, 6) is -1.50. The van der Waals surface area contributed by atoms with Gasteiger partial charge in [-0.15, -0.1) is 0 Å². The zero-order valence-electron chi connectivity index (χ0n) is 20.4. The highest BCUT2D eigenvalue weighted by Crippen LogP contribution is 2.28. The number of rotatable bonds is 11. The van der Waals surface area contributed by atoms with Gasteiger partial charge in [-0.05, 0) is 65.5 Å². The van der Waals surface area contributed by atoms with E-state index in [0.717, 1.165) is 41.2 Å². The highest BCUT2D eigenvalue weighted by atomic mass is 127. The van der Waals surface area contributed by atoms with Crippen molar-refractivity contribution < 1.29 is 37.2 Å². The summed E-state index contributed by atoms with van der Waals surface area (Å²) in [6.07, 6.45) is 4.62. The average molecular weight is 652 g/mol. The maximum atomic E-state index is 13.3. The van der Waals surface area contributed by atoms with Crippen molar-refractivity contribution in [2.24, 2.45) is 11.8 Å². The van der Waals surface area contributed by atoms with Gasteiger partial charge in [0.05, 0.1) is 6.04 Å². The van der Waals surface area contributed by atoms with Crippen LogP contribution in [0, 0.1) is 15.4 Å². The van der Waals surface area contributed by atoms with Crippen LogP contribution in [0.2, 0.25) is 0 Å². The summed E-state index contributed by atoms with van der Waals surface area (Å²) >= 11 is 2.15. The monoisotopic (exact) mass is 651 g/mol. The molecule has 3 unspecified atom stereocenters. The van der Waals surface area contributed by atoms with E-state index in [4.69, 9.17) is 4.74 Å². The molecule has 1 aromatic rings. The first-order valence-corrected chi connectivity index (χ1v) is 15.0. The van der Waals surface area contributed by atoms with E-state index in [1.54, 1.807) is 0 Å². The first kappa shape index (κ1) is 29.6. The molecule has 4 atom stereocenters. The Morgan fingerprint density at radius 2 is 1.86 bits per heavy atom. The molecule has 3 rings (SSSR count). The van der Waals surface area contributed by atoms with Crippen LogP contribution in [0.5, 0.6) is 0 Å². The normalized spacial score (nSPS) is 20.9. The summed E-state index contributed by atoms with van der Waals surface area (Å²) in [4.78, 5) is 37.9. The van der Waals surface area contributed by atoms with Gasteiger partial charge in [-0.3, -0.25) is 14.1 Å². The Hall–Kier alpha value is -1.97. The molecule has 1 aliphatic carbocycles. The zero-order valence-corrected chi connectivity index (χ0v) is 23.4. The van der Waals surface area contributed by atoms with Crippen molar-refractivity contribution in [1.82, 2.24) is 16.0 Å². The van der Waals surface area contributed by atoms with Gasteiger partial charge in [0.1, 0.15) is 12.6 Å². The molecule has 1 heterocycles. The molecule has 5 N–H and O–H groups in total. The number of carbonyl (C=O) groups excluding carboxylic acids is 3. The number of carbonyl (C=O) groups is 3. The largest absolute Gasteiger partial charge is 0.445 e. The Balaban J connectivity index is 1.71. The molecule has 0 aromatic heterocycles. The molecule has 0 spiro atoms. The van der Waals surface area contributed by atoms with E-state index >= 15 is 0 Å². The highest BCUT2D eigenvalue weighted by Gasteiger charge is 2.38. The highest BCUT2D eigenvalue weighted by molar-refractivity contribution is 14.1. The second kappa shape index (κ2) is 13.7. The van der Waals surface area contributed by atoms with Crippen LogP contribution >= 0.6 is 22.6 Å². The number of amides is 3. The molecule has 1 saturated carbocycles. The van der Waals surface area contributed by atoms with E-state index < -0.39 is 45.6 Å². The predicted molar refractivity (Wildman–Crippen MR) is 143 cm³/mol. The molecular formula is C24H34IN3O8S. The second-order valence-corrected chi connectivity index (χ2v) is 12.4. The summed E-state index contributed by atoms with van der Waals surface area (Å²) in [5, 5.41) is 17.9. The fraction of sp³-hybridized carbons (Fsp3) is 0.625. The Labute approximate surface area is 230 Å². The third kappa shape index (κ3) is 9.37. The van der Waals surface area contributed by atoms with E-state index in [-0.39, 0.29) is 24.9 Å². The minimum atomic E-state index is -4.93. The number of aliphatic hydroxyl groups excluding tert-OH is 1. The number of hydrogen-bond donors (Lipinski definition) is 5. The number of nitrogens with one attached hydrogen (secondary N) is 3. The van der Waals surface area contributed by atoms with Crippen molar-refractivity contribution >= 4 is 50.6 Å². The lowest BCUT2D eigenvalue weighted by Crippen LogP contribution is -2.55. The number of alkyl carbamates (subject to hydrolysis) is 1. The van der Waals surface area contributed by atoms with Gasteiger partial charge in [-0.25, -0.2) is 4.79 Å². The van der Waals surface area contributed by atoms with Gasteiger partial charge in [-0.1, -0.05) is 44.2 Å². The molecular weight excluding hydrogens is 617 g/mol. The summed E-state index contributed by atoms with van der Waals surface area (Å²) in [6.45, 7) is 0.394. The van der Waals surface area contributed by atoms with E-state index in [2.05, 4.69) is 38.5 Å². The SMILES string of the molecule is O=C(NC(CC1CCCCC1)C(=O)NC(C[C@@H]1CCNC1=O)C(O)S(=O)(=O)O)OCc1cccc(I)c1. The van der Waals surface area contributed by atoms with E-state index in [0.29, 0.717) is 19.4 Å². The topological polar surface area (TPSA) is 171 Å². The van der Waals surface area contributed by atoms with Crippen molar-refractivity contribution in [3.63, 3.8) is 0 Å². The molecule has 0 bridgehead atoms. The summed E-state index contributed by atoms with van der Waals surface area (Å²) in [7, 11) is -4.93. The van der Waals surface area contributed by atoms with Gasteiger partial charge in [-0.2, -0.15) is 8.42 Å². The standard InChI is InChI=1S/C24H34IN3O8S/c25-18-8-4-7-16(11-18)14-36-24(32)28-19(12-15-5-2-1-3-6-15)22(30)27-20(23(31)37(33,34)35)13-17-9-10-26-21(17)29/h4,7-8,11,15,17,19-20,23,31H,1-3,5-6,9-10,12-14H2,(H,26,29)(H,27,30)(H,28,32)(H,33,34,35)/t17-,19?,20?,23?/m0/s1. The number of benzene rings is 1. The lowest BCUT2D eigenvalue weighted by Gasteiger charge is -2.29. The third-order valence-electron chi connectivity index (χ3n) is 6.84. The van der Waals surface area contributed by atoms with Gasteiger partial charge in [0.25, 0.3) is 10.1 Å². The molecule has 2 fully saturated rings. The van der Waals surface area contributed by atoms with Crippen LogP contribution in [0.4, 0.5) is 4.79 Å². The maximum absolute atomic E-state index is 13.3. The number of hydrogen-bond acceptors (Lipinski definition) is 7. The molecule has 11 nitrogen and oxygen atoms in total. The van der Waals surface area contributed by atoms with Gasteiger partial charge in [0.2, 0.25) is 17.3 Å². The number of ether oxygens (including phenoxy) is 1. The van der Waals surface area contributed by atoms with Crippen LogP contribution in [0.1, 0.15) is 56.9 Å². The summed E-state index contributed by atoms with van der Waals surface area (Å²) < 4.78 is 39.1. The molecule has 13 heteroatoms. The molecule has 1 aliphatic heterocycles. The minimum absolute atomic E-state index is 0.00132. The number of aliphatic hydroxyl groups is 1. The van der Waals surface area contributed by atoms with Crippen LogP contribution in [0.15, 0.2) is 24.3 Å². The van der Waals surface area contributed by atoms with Crippen molar-refractivity contribution in [3.05, 3.63) is 33.4 Å². The third-order valence-corrected chi connectivity index (χ3v) is 8.45. The molecule has 1 saturated heterocycles. The molecule has 37 heavy (non-hydrogen) atoms. The Bertz CT molecular complexity index is 1060. The van der Waals surface area contributed by atoms with Crippen LogP contribution in [-0.2, 0) is 31.1 Å². The lowest BCUT2D eigenvalue weighted by molar-refractivity contribution is -0.126. The minimum Gasteiger partial charge on any atom is -0.445 e. The molecule has 2 aliphatic rings. The fourth-order valence-electron chi connectivity index (χ4n) is 4.86. The first-order chi connectivity index (χ1) is 17.5. The predicted octanol–water partition coefficient (Wildman–Crippen LogP) is 2.07. The van der Waals surface area contributed by atoms with Crippen LogP contribution in [-0.4, -0.2) is 60.0 Å². The van der Waals surface area contributed by atoms with Crippen molar-refractivity contribution in [3.8, 4) is 0 Å². The lowest BCUT2D eigenvalue weighted by atomic mass is 9.84. The van der Waals surface area contributed by atoms with Crippen LogP contribution in [0.25, 0.3) is 0 Å². The Morgan fingerprint density at radius 3 is 2.49 bits per heavy atom. The van der Waals surface area contributed by atoms with Crippen LogP contribution in [0.3, 0.4) is 0 Å². The van der Waals surface area contributed by atoms with Crippen LogP contribution < -0.4 is 16.0 Å². The Morgan fingerprint density at radius 1 is 1.14 bits per heavy atom.